The van der Waals surface area contributed by atoms with E-state index in [0.29, 0.717) is 25.2 Å². The number of amides is 1. The second-order valence-electron chi connectivity index (χ2n) is 8.14. The zero-order valence-electron chi connectivity index (χ0n) is 18.8. The van der Waals surface area contributed by atoms with Crippen LogP contribution in [-0.2, 0) is 20.1 Å². The minimum Gasteiger partial charge on any atom is -0.395 e. The van der Waals surface area contributed by atoms with Crippen molar-refractivity contribution in [2.45, 2.75) is 13.1 Å². The number of hydrogen-bond donors (Lipinski definition) is 2. The molecule has 0 saturated heterocycles. The molecule has 0 fully saturated rings. The van der Waals surface area contributed by atoms with Gasteiger partial charge < -0.3 is 15.0 Å². The summed E-state index contributed by atoms with van der Waals surface area (Å²) >= 11 is 0. The van der Waals surface area contributed by atoms with E-state index in [1.54, 1.807) is 24.3 Å². The van der Waals surface area contributed by atoms with Gasteiger partial charge in [-0.3, -0.25) is 19.8 Å². The van der Waals surface area contributed by atoms with Crippen LogP contribution in [0.3, 0.4) is 0 Å². The van der Waals surface area contributed by atoms with Crippen molar-refractivity contribution in [3.05, 3.63) is 106 Å². The van der Waals surface area contributed by atoms with Gasteiger partial charge in [-0.1, -0.05) is 42.5 Å². The maximum atomic E-state index is 12.6. The summed E-state index contributed by atoms with van der Waals surface area (Å²) in [6.07, 6.45) is 2.12. The topological polar surface area (TPSA) is 101 Å². The van der Waals surface area contributed by atoms with E-state index in [1.165, 1.54) is 23.1 Å². The first kappa shape index (κ1) is 23.2. The molecule has 0 bridgehead atoms. The SMILES string of the molecule is Cn1cc(CN(CCO)Cc2ccc(C(=O)Nc3ccccc3[N+](=O)[O-])cc2)c2ccccc21. The molecule has 0 aliphatic rings. The molecular formula is C26H26N4O4. The molecule has 34 heavy (non-hydrogen) atoms. The number of aryl methyl sites for hydroxylation is 1. The van der Waals surface area contributed by atoms with Crippen molar-refractivity contribution >= 4 is 28.2 Å². The Morgan fingerprint density at radius 2 is 1.74 bits per heavy atom. The number of aromatic nitrogens is 1. The highest BCUT2D eigenvalue weighted by Crippen LogP contribution is 2.24. The fourth-order valence-corrected chi connectivity index (χ4v) is 4.10. The standard InChI is InChI=1S/C26H26N4O4/c1-28-17-21(22-6-2-4-8-24(22)28)18-29(14-15-31)16-19-10-12-20(13-11-19)26(32)27-23-7-3-5-9-25(23)30(33)34/h2-13,17,31H,14-16,18H2,1H3,(H,27,32). The molecule has 3 aromatic carbocycles. The predicted molar refractivity (Wildman–Crippen MR) is 132 cm³/mol. The van der Waals surface area contributed by atoms with Gasteiger partial charge in [0, 0.05) is 55.4 Å². The van der Waals surface area contributed by atoms with Crippen LogP contribution in [0.2, 0.25) is 0 Å². The third-order valence-electron chi connectivity index (χ3n) is 5.76. The Hall–Kier alpha value is -4.01. The van der Waals surface area contributed by atoms with Crippen molar-refractivity contribution in [3.8, 4) is 0 Å². The van der Waals surface area contributed by atoms with Crippen molar-refractivity contribution in [1.29, 1.82) is 0 Å². The van der Waals surface area contributed by atoms with E-state index in [2.05, 4.69) is 33.1 Å². The first-order chi connectivity index (χ1) is 16.5. The van der Waals surface area contributed by atoms with Gasteiger partial charge in [0.1, 0.15) is 5.69 Å². The third-order valence-corrected chi connectivity index (χ3v) is 5.76. The van der Waals surface area contributed by atoms with Gasteiger partial charge in [0.05, 0.1) is 11.5 Å². The summed E-state index contributed by atoms with van der Waals surface area (Å²) in [5.74, 6) is -0.413. The van der Waals surface area contributed by atoms with Gasteiger partial charge in [0.15, 0.2) is 0 Å². The molecule has 174 valence electrons. The van der Waals surface area contributed by atoms with Gasteiger partial charge in [0.2, 0.25) is 0 Å². The lowest BCUT2D eigenvalue weighted by Crippen LogP contribution is -2.26. The average molecular weight is 459 g/mol. The van der Waals surface area contributed by atoms with Crippen LogP contribution < -0.4 is 5.32 Å². The van der Waals surface area contributed by atoms with Crippen molar-refractivity contribution in [3.63, 3.8) is 0 Å². The van der Waals surface area contributed by atoms with Crippen LogP contribution >= 0.6 is 0 Å². The van der Waals surface area contributed by atoms with Gasteiger partial charge in [-0.15, -0.1) is 0 Å². The molecule has 2 N–H and O–H groups in total. The molecule has 4 rings (SSSR count). The second-order valence-corrected chi connectivity index (χ2v) is 8.14. The summed E-state index contributed by atoms with van der Waals surface area (Å²) in [4.78, 5) is 25.4. The van der Waals surface area contributed by atoms with E-state index < -0.39 is 10.8 Å². The first-order valence-corrected chi connectivity index (χ1v) is 11.0. The molecule has 0 atom stereocenters. The number of para-hydroxylation sites is 3. The van der Waals surface area contributed by atoms with Crippen LogP contribution in [0, 0.1) is 10.1 Å². The molecule has 0 spiro atoms. The number of nitro benzene ring substituents is 1. The van der Waals surface area contributed by atoms with Crippen LogP contribution in [0.15, 0.2) is 79.0 Å². The number of nitrogens with one attached hydrogen (secondary N) is 1. The molecule has 4 aromatic rings. The van der Waals surface area contributed by atoms with Crippen molar-refractivity contribution < 1.29 is 14.8 Å². The fraction of sp³-hybridized carbons (Fsp3) is 0.192. The van der Waals surface area contributed by atoms with E-state index in [9.17, 15) is 20.0 Å². The lowest BCUT2D eigenvalue weighted by molar-refractivity contribution is -0.383. The zero-order chi connectivity index (χ0) is 24.1. The van der Waals surface area contributed by atoms with Crippen LogP contribution in [0.1, 0.15) is 21.5 Å². The maximum Gasteiger partial charge on any atom is 0.292 e. The smallest absolute Gasteiger partial charge is 0.292 e. The lowest BCUT2D eigenvalue weighted by atomic mass is 10.1. The van der Waals surface area contributed by atoms with Crippen LogP contribution in [0.4, 0.5) is 11.4 Å². The molecule has 0 aliphatic carbocycles. The molecule has 1 aromatic heterocycles. The van der Waals surface area contributed by atoms with Gasteiger partial charge in [-0.05, 0) is 35.4 Å². The van der Waals surface area contributed by atoms with Gasteiger partial charge in [-0.25, -0.2) is 0 Å². The highest BCUT2D eigenvalue weighted by Gasteiger charge is 2.16. The summed E-state index contributed by atoms with van der Waals surface area (Å²) in [6, 6.07) is 21.4. The number of aliphatic hydroxyl groups excluding tert-OH is 1. The monoisotopic (exact) mass is 458 g/mol. The fourth-order valence-electron chi connectivity index (χ4n) is 4.10. The second kappa shape index (κ2) is 10.3. The Balaban J connectivity index is 1.46. The van der Waals surface area contributed by atoms with E-state index in [4.69, 9.17) is 0 Å². The molecule has 8 nitrogen and oxygen atoms in total. The number of aliphatic hydroxyl groups is 1. The minimum absolute atomic E-state index is 0.0428. The van der Waals surface area contributed by atoms with Crippen LogP contribution in [-0.4, -0.2) is 38.6 Å². The maximum absolute atomic E-state index is 12.6. The quantitative estimate of drug-likeness (QED) is 0.287. The Morgan fingerprint density at radius 1 is 1.03 bits per heavy atom. The summed E-state index contributed by atoms with van der Waals surface area (Å²) in [6.45, 7) is 1.85. The Kier molecular flexibility index (Phi) is 7.01. The lowest BCUT2D eigenvalue weighted by Gasteiger charge is -2.21. The number of fused-ring (bicyclic) bond motifs is 1. The summed E-state index contributed by atoms with van der Waals surface area (Å²) < 4.78 is 2.10. The first-order valence-electron chi connectivity index (χ1n) is 11.0. The molecule has 0 saturated carbocycles. The number of hydrogen-bond acceptors (Lipinski definition) is 5. The Labute approximate surface area is 197 Å². The molecule has 0 unspecified atom stereocenters. The van der Waals surface area contributed by atoms with Crippen molar-refractivity contribution in [2.75, 3.05) is 18.5 Å². The zero-order valence-corrected chi connectivity index (χ0v) is 18.8. The Bertz CT molecular complexity index is 1310. The van der Waals surface area contributed by atoms with E-state index in [0.717, 1.165) is 11.1 Å². The molecule has 0 aliphatic heterocycles. The number of carbonyl (C=O) groups is 1. The Morgan fingerprint density at radius 3 is 2.47 bits per heavy atom. The number of anilines is 1. The van der Waals surface area contributed by atoms with E-state index in [1.807, 2.05) is 31.3 Å². The van der Waals surface area contributed by atoms with Crippen LogP contribution in [0.25, 0.3) is 10.9 Å². The molecule has 1 heterocycles. The van der Waals surface area contributed by atoms with E-state index in [-0.39, 0.29) is 18.0 Å². The molecule has 8 heteroatoms. The summed E-state index contributed by atoms with van der Waals surface area (Å²) in [7, 11) is 2.02. The number of nitro groups is 1. The van der Waals surface area contributed by atoms with Gasteiger partial charge >= 0.3 is 0 Å². The van der Waals surface area contributed by atoms with Gasteiger partial charge in [0.25, 0.3) is 11.6 Å². The molecule has 0 radical (unpaired) electrons. The highest BCUT2D eigenvalue weighted by molar-refractivity contribution is 6.05. The van der Waals surface area contributed by atoms with E-state index >= 15 is 0 Å². The summed E-state index contributed by atoms with van der Waals surface area (Å²) in [5, 5.41) is 24.6. The minimum atomic E-state index is -0.523. The normalized spacial score (nSPS) is 11.1. The highest BCUT2D eigenvalue weighted by atomic mass is 16.6. The largest absolute Gasteiger partial charge is 0.395 e. The molecular weight excluding hydrogens is 432 g/mol. The van der Waals surface area contributed by atoms with Crippen molar-refractivity contribution in [1.82, 2.24) is 9.47 Å². The van der Waals surface area contributed by atoms with Crippen molar-refractivity contribution in [2.24, 2.45) is 7.05 Å². The molecule has 1 amide bonds. The predicted octanol–water partition coefficient (Wildman–Crippen LogP) is 4.33. The average Bonchev–Trinajstić information content (AvgIpc) is 3.15. The number of rotatable bonds is 9. The number of benzene rings is 3. The number of carbonyl (C=O) groups excluding carboxylic acids is 1. The number of nitrogens with zero attached hydrogens (tertiary/aromatic N) is 3. The van der Waals surface area contributed by atoms with Crippen LogP contribution in [0.5, 0.6) is 0 Å². The summed E-state index contributed by atoms with van der Waals surface area (Å²) in [5.41, 5.74) is 3.76. The third kappa shape index (κ3) is 5.14. The van der Waals surface area contributed by atoms with Gasteiger partial charge in [-0.2, -0.15) is 0 Å².